The van der Waals surface area contributed by atoms with Crippen molar-refractivity contribution >= 4 is 82.5 Å². The highest BCUT2D eigenvalue weighted by Crippen LogP contribution is 2.44. The fourth-order valence-electron chi connectivity index (χ4n) is 19.0. The third-order valence-corrected chi connectivity index (χ3v) is 26.5. The zero-order valence-electron chi connectivity index (χ0n) is 65.2. The number of hydrogen-bond donors (Lipinski definition) is 3. The van der Waals surface area contributed by atoms with E-state index in [1.165, 1.54) is 81.5 Å². The van der Waals surface area contributed by atoms with Crippen molar-refractivity contribution in [3.63, 3.8) is 0 Å². The van der Waals surface area contributed by atoms with Crippen LogP contribution in [0.1, 0.15) is 219 Å². The SMILES string of the molecule is CC[C@H](C)[C@@H]1NC(=O)[C@H](CC2CCCCC2)N(C)C(=O)C[C@@H](C(=O)N2CCOCC2)N(C)C(=O)[C@H](C2CCCC2)N(C)C(=O)C2(CCCC2)NC(=O)[C@@H]2CCCN2C(=O)[C@H](CCC2CCC(C(F)(F)F)C(Cl)C2)NC(=O)CN(C)C(=O)[C@H](CC2CCC(F)CC2)N2CCCCC[C@@H](C2=O)N(C)C(=O)CN(C)C1=O. The second-order valence-corrected chi connectivity index (χ2v) is 33.9. The Morgan fingerprint density at radius 2 is 1.16 bits per heavy atom. The first-order valence-corrected chi connectivity index (χ1v) is 41.1. The van der Waals surface area contributed by atoms with E-state index in [1.54, 1.807) is 6.92 Å². The number of halogens is 5. The van der Waals surface area contributed by atoms with Gasteiger partial charge >= 0.3 is 6.18 Å². The second-order valence-electron chi connectivity index (χ2n) is 33.3. The summed E-state index contributed by atoms with van der Waals surface area (Å²) in [7, 11) is 8.75. The van der Waals surface area contributed by atoms with Crippen molar-refractivity contribution in [1.82, 2.24) is 60.0 Å². The van der Waals surface area contributed by atoms with Crippen LogP contribution in [-0.4, -0.2) is 281 Å². The molecule has 12 atom stereocenters. The highest BCUT2D eigenvalue weighted by Gasteiger charge is 2.53. The molecule has 0 aromatic rings. The van der Waals surface area contributed by atoms with Gasteiger partial charge in [0.05, 0.1) is 38.6 Å². The van der Waals surface area contributed by atoms with Gasteiger partial charge in [0.2, 0.25) is 70.9 Å². The number of nitrogens with one attached hydrogen (secondary N) is 3. The van der Waals surface area contributed by atoms with Gasteiger partial charge in [-0.3, -0.25) is 57.5 Å². The van der Waals surface area contributed by atoms with Crippen molar-refractivity contribution in [1.29, 1.82) is 0 Å². The zero-order chi connectivity index (χ0) is 78.5. The summed E-state index contributed by atoms with van der Waals surface area (Å²) in [4.78, 5) is 196. The molecule has 1 spiro atoms. The summed E-state index contributed by atoms with van der Waals surface area (Å²) in [5, 5.41) is 7.73. The molecular formula is C78H123ClF4N12O13. The quantitative estimate of drug-likeness (QED) is 0.137. The lowest BCUT2D eigenvalue weighted by molar-refractivity contribution is -0.182. The lowest BCUT2D eigenvalue weighted by Gasteiger charge is -2.42. The lowest BCUT2D eigenvalue weighted by Crippen LogP contribution is -2.65. The van der Waals surface area contributed by atoms with E-state index in [2.05, 4.69) is 16.0 Å². The largest absolute Gasteiger partial charge is 0.393 e. The molecule has 12 amide bonds. The van der Waals surface area contributed by atoms with Crippen LogP contribution in [0, 0.1) is 35.5 Å². The van der Waals surface area contributed by atoms with Crippen LogP contribution < -0.4 is 16.0 Å². The molecule has 9 fully saturated rings. The molecule has 3 N–H and O–H groups in total. The van der Waals surface area contributed by atoms with E-state index in [1.807, 2.05) is 6.92 Å². The van der Waals surface area contributed by atoms with Gasteiger partial charge in [-0.15, -0.1) is 11.6 Å². The van der Waals surface area contributed by atoms with Crippen molar-refractivity contribution in [3.05, 3.63) is 0 Å². The van der Waals surface area contributed by atoms with Gasteiger partial charge in [-0.2, -0.15) is 13.2 Å². The molecule has 5 saturated carbocycles. The van der Waals surface area contributed by atoms with Crippen LogP contribution in [0.2, 0.25) is 0 Å². The molecule has 0 aromatic carbocycles. The van der Waals surface area contributed by atoms with Crippen LogP contribution in [0.25, 0.3) is 0 Å². The molecular weight excluding hydrogens is 1420 g/mol. The fourth-order valence-corrected chi connectivity index (χ4v) is 19.5. The minimum atomic E-state index is -4.53. The van der Waals surface area contributed by atoms with Gasteiger partial charge in [-0.1, -0.05) is 90.9 Å². The van der Waals surface area contributed by atoms with Gasteiger partial charge in [0.15, 0.2) is 0 Å². The maximum absolute atomic E-state index is 15.9. The summed E-state index contributed by atoms with van der Waals surface area (Å²) in [6.07, 6.45) is 6.44. The number of ether oxygens (including phenoxy) is 1. The van der Waals surface area contributed by atoms with Crippen molar-refractivity contribution in [2.24, 2.45) is 35.5 Å². The molecule has 5 aliphatic carbocycles. The minimum absolute atomic E-state index is 0.00503. The van der Waals surface area contributed by atoms with Crippen LogP contribution in [-0.2, 0) is 62.3 Å². The fraction of sp³-hybridized carbons (Fsp3) is 0.846. The molecule has 3 unspecified atom stereocenters. The zero-order valence-corrected chi connectivity index (χ0v) is 66.0. The van der Waals surface area contributed by atoms with E-state index in [4.69, 9.17) is 16.3 Å². The topological polar surface area (TPSA) is 279 Å². The second kappa shape index (κ2) is 38.7. The Hall–Kier alpha value is -6.39. The smallest absolute Gasteiger partial charge is 0.378 e. The molecule has 9 rings (SSSR count). The molecule has 4 heterocycles. The normalized spacial score (nSPS) is 32.2. The molecule has 608 valence electrons. The first-order valence-electron chi connectivity index (χ1n) is 40.6. The summed E-state index contributed by atoms with van der Waals surface area (Å²) in [6.45, 7) is 3.34. The Morgan fingerprint density at radius 3 is 1.81 bits per heavy atom. The first kappa shape index (κ1) is 85.6. The standard InChI is InChI=1S/C78H123ClF4N12O13/c1-9-49(2)66-74(105)88(4)48-65(98)89(5)59-25-14-11-19-37-95(73(59)104)62(45-52-27-31-54(80)32-28-52)71(102)87(3)47-63(96)84-57(34-30-51-29-33-55(56(79)43-51)78(81,82)83)70(101)94-38-20-26-58(94)69(100)86-77(35-17-18-36-77)76(107)92(8)67(53-23-15-16-24-53)75(106)91(7)61(72(103)93-39-41-108-42-40-93)46-64(97)90(6)60(68(99)85-66)44-50-21-12-10-13-22-50/h49-62,66-67H,9-48H2,1-8H3,(H,84,96)(H,85,99)(H,86,100)/t49-,51?,52?,54?,55?,56?,57-,58-,59-,60-,61-,62-,66-,67-/m0/s1. The van der Waals surface area contributed by atoms with Gasteiger partial charge in [-0.05, 0) is 152 Å². The highest BCUT2D eigenvalue weighted by molar-refractivity contribution is 6.21. The van der Waals surface area contributed by atoms with Gasteiger partial charge in [-0.25, -0.2) is 4.39 Å². The monoisotopic (exact) mass is 1550 g/mol. The lowest BCUT2D eigenvalue weighted by atomic mass is 9.78. The van der Waals surface area contributed by atoms with Crippen molar-refractivity contribution in [2.75, 3.05) is 94.8 Å². The maximum atomic E-state index is 15.9. The van der Waals surface area contributed by atoms with Crippen molar-refractivity contribution < 1.29 is 79.8 Å². The number of nitrogens with zero attached hydrogens (tertiary/aromatic N) is 9. The molecule has 0 radical (unpaired) electrons. The summed E-state index contributed by atoms with van der Waals surface area (Å²) < 4.78 is 62.8. The molecule has 2 bridgehead atoms. The number of hydrogen-bond acceptors (Lipinski definition) is 13. The predicted octanol–water partition coefficient (Wildman–Crippen LogP) is 7.13. The van der Waals surface area contributed by atoms with E-state index in [0.717, 1.165) is 49.8 Å². The maximum Gasteiger partial charge on any atom is 0.393 e. The highest BCUT2D eigenvalue weighted by atomic mass is 35.5. The molecule has 0 aromatic heterocycles. The third-order valence-electron chi connectivity index (χ3n) is 26.0. The van der Waals surface area contributed by atoms with Crippen LogP contribution in [0.3, 0.4) is 0 Å². The van der Waals surface area contributed by atoms with Crippen molar-refractivity contribution in [2.45, 2.75) is 291 Å². The Labute approximate surface area is 640 Å². The molecule has 108 heavy (non-hydrogen) atoms. The summed E-state index contributed by atoms with van der Waals surface area (Å²) in [5.41, 5.74) is -1.58. The molecule has 25 nitrogen and oxygen atoms in total. The summed E-state index contributed by atoms with van der Waals surface area (Å²) in [6, 6.07) is -9.90. The third kappa shape index (κ3) is 21.0. The van der Waals surface area contributed by atoms with E-state index < -0.39 is 180 Å². The van der Waals surface area contributed by atoms with Crippen LogP contribution in [0.15, 0.2) is 0 Å². The van der Waals surface area contributed by atoms with Crippen LogP contribution in [0.5, 0.6) is 0 Å². The Morgan fingerprint density at radius 1 is 0.565 bits per heavy atom. The van der Waals surface area contributed by atoms with Crippen LogP contribution >= 0.6 is 11.6 Å². The number of fused-ring (bicyclic) bond motifs is 3. The van der Waals surface area contributed by atoms with Crippen LogP contribution in [0.4, 0.5) is 17.6 Å². The Balaban J connectivity index is 1.09. The number of carbonyl (C=O) groups excluding carboxylic acids is 12. The average Bonchev–Trinajstić information content (AvgIpc) is 1.50. The van der Waals surface area contributed by atoms with Crippen molar-refractivity contribution in [3.8, 4) is 0 Å². The Bertz CT molecular complexity index is 3160. The summed E-state index contributed by atoms with van der Waals surface area (Å²) in [5.74, 6) is -10.8. The average molecular weight is 1550 g/mol. The van der Waals surface area contributed by atoms with Gasteiger partial charge < -0.3 is 64.8 Å². The number of likely N-dealkylation sites (N-methyl/N-ethyl adjacent to an activating group) is 6. The van der Waals surface area contributed by atoms with E-state index in [0.29, 0.717) is 70.6 Å². The molecule has 4 saturated heterocycles. The van der Waals surface area contributed by atoms with Gasteiger partial charge in [0.1, 0.15) is 60.0 Å². The molecule has 30 heteroatoms. The molecule has 9 aliphatic rings. The first-order chi connectivity index (χ1) is 51.3. The number of morpholine rings is 1. The van der Waals surface area contributed by atoms with Gasteiger partial charge in [0, 0.05) is 73.8 Å². The van der Waals surface area contributed by atoms with E-state index in [9.17, 15) is 27.2 Å². The number of carbonyl (C=O) groups is 12. The summed E-state index contributed by atoms with van der Waals surface area (Å²) >= 11 is 6.44. The minimum Gasteiger partial charge on any atom is -0.378 e. The number of rotatable bonds is 11. The van der Waals surface area contributed by atoms with Gasteiger partial charge in [0.25, 0.3) is 0 Å². The van der Waals surface area contributed by atoms with E-state index in [-0.39, 0.29) is 141 Å². The Kier molecular flexibility index (Phi) is 30.7. The van der Waals surface area contributed by atoms with E-state index >= 15 is 47.9 Å². The number of amides is 12. The predicted molar refractivity (Wildman–Crippen MR) is 395 cm³/mol. The molecule has 4 aliphatic heterocycles. The number of alkyl halides is 5.